The van der Waals surface area contributed by atoms with Gasteiger partial charge in [-0.3, -0.25) is 0 Å². The molecule has 3 heteroatoms. The molecule has 2 rings (SSSR count). The van der Waals surface area contributed by atoms with Crippen molar-refractivity contribution < 1.29 is 4.74 Å². The van der Waals surface area contributed by atoms with Crippen LogP contribution in [0.2, 0.25) is 0 Å². The maximum absolute atomic E-state index is 5.69. The highest BCUT2D eigenvalue weighted by atomic mass is 32.1. The van der Waals surface area contributed by atoms with E-state index in [2.05, 4.69) is 38.2 Å². The van der Waals surface area contributed by atoms with Crippen molar-refractivity contribution in [3.8, 4) is 0 Å². The van der Waals surface area contributed by atoms with Gasteiger partial charge in [0.05, 0.1) is 12.7 Å². The molecule has 0 radical (unpaired) electrons. The third-order valence-electron chi connectivity index (χ3n) is 3.19. The van der Waals surface area contributed by atoms with Crippen LogP contribution in [-0.4, -0.2) is 19.3 Å². The molecule has 0 aromatic carbocycles. The van der Waals surface area contributed by atoms with Gasteiger partial charge in [0.1, 0.15) is 0 Å². The maximum Gasteiger partial charge on any atom is 0.0551 e. The van der Waals surface area contributed by atoms with E-state index >= 15 is 0 Å². The second-order valence-corrected chi connectivity index (χ2v) is 5.94. The summed E-state index contributed by atoms with van der Waals surface area (Å²) in [6.45, 7) is 8.43. The molecule has 0 aliphatic carbocycles. The average Bonchev–Trinajstić information content (AvgIpc) is 2.84. The van der Waals surface area contributed by atoms with E-state index in [1.165, 1.54) is 16.2 Å². The lowest BCUT2D eigenvalue weighted by molar-refractivity contribution is 0.117. The molecule has 1 N–H and O–H groups in total. The SMILES string of the molecule is CCNC(c1ccc(C)s1)C1COC(C)C1. The monoisotopic (exact) mass is 239 g/mol. The van der Waals surface area contributed by atoms with Crippen LogP contribution in [0.25, 0.3) is 0 Å². The van der Waals surface area contributed by atoms with Gasteiger partial charge in [-0.05, 0) is 38.9 Å². The van der Waals surface area contributed by atoms with Gasteiger partial charge in [-0.2, -0.15) is 0 Å². The van der Waals surface area contributed by atoms with E-state index in [1.54, 1.807) is 0 Å². The molecule has 0 amide bonds. The lowest BCUT2D eigenvalue weighted by atomic mass is 9.95. The molecular formula is C13H21NOS. The first-order valence-electron chi connectivity index (χ1n) is 6.12. The largest absolute Gasteiger partial charge is 0.378 e. The minimum atomic E-state index is 0.423. The molecular weight excluding hydrogens is 218 g/mol. The predicted molar refractivity (Wildman–Crippen MR) is 69.0 cm³/mol. The Balaban J connectivity index is 2.10. The summed E-state index contributed by atoms with van der Waals surface area (Å²) in [5, 5.41) is 3.61. The number of hydrogen-bond acceptors (Lipinski definition) is 3. The molecule has 0 bridgehead atoms. The Labute approximate surface area is 102 Å². The van der Waals surface area contributed by atoms with Crippen molar-refractivity contribution in [3.63, 3.8) is 0 Å². The summed E-state index contributed by atoms with van der Waals surface area (Å²) in [4.78, 5) is 2.85. The van der Waals surface area contributed by atoms with Crippen LogP contribution in [0.5, 0.6) is 0 Å². The fraction of sp³-hybridized carbons (Fsp3) is 0.692. The summed E-state index contributed by atoms with van der Waals surface area (Å²) < 4.78 is 5.69. The van der Waals surface area contributed by atoms with Crippen molar-refractivity contribution in [2.75, 3.05) is 13.2 Å². The molecule has 1 aromatic rings. The Morgan fingerprint density at radius 3 is 2.88 bits per heavy atom. The first kappa shape index (κ1) is 12.1. The summed E-state index contributed by atoms with van der Waals surface area (Å²) in [5.41, 5.74) is 0. The zero-order chi connectivity index (χ0) is 11.5. The molecule has 0 saturated carbocycles. The first-order valence-corrected chi connectivity index (χ1v) is 6.93. The van der Waals surface area contributed by atoms with E-state index in [9.17, 15) is 0 Å². The lowest BCUT2D eigenvalue weighted by Crippen LogP contribution is -2.27. The highest BCUT2D eigenvalue weighted by molar-refractivity contribution is 7.12. The Bertz CT molecular complexity index is 336. The maximum atomic E-state index is 5.69. The van der Waals surface area contributed by atoms with Gasteiger partial charge in [0.15, 0.2) is 0 Å². The molecule has 1 fully saturated rings. The van der Waals surface area contributed by atoms with Crippen molar-refractivity contribution in [1.82, 2.24) is 5.32 Å². The average molecular weight is 239 g/mol. The fourth-order valence-corrected chi connectivity index (χ4v) is 3.47. The molecule has 1 aliphatic heterocycles. The zero-order valence-electron chi connectivity index (χ0n) is 10.3. The zero-order valence-corrected chi connectivity index (χ0v) is 11.1. The van der Waals surface area contributed by atoms with Gasteiger partial charge in [-0.15, -0.1) is 11.3 Å². The van der Waals surface area contributed by atoms with Crippen molar-refractivity contribution in [1.29, 1.82) is 0 Å². The van der Waals surface area contributed by atoms with Gasteiger partial charge in [0.25, 0.3) is 0 Å². The molecule has 1 aromatic heterocycles. The van der Waals surface area contributed by atoms with E-state index in [1.807, 2.05) is 11.3 Å². The molecule has 2 nitrogen and oxygen atoms in total. The fourth-order valence-electron chi connectivity index (χ4n) is 2.42. The standard InChI is InChI=1S/C13H21NOS/c1-4-14-13(11-7-9(2)15-8-11)12-6-5-10(3)16-12/h5-6,9,11,13-14H,4,7-8H2,1-3H3. The van der Waals surface area contributed by atoms with Crippen LogP contribution in [0, 0.1) is 12.8 Å². The topological polar surface area (TPSA) is 21.3 Å². The molecule has 1 aliphatic rings. The van der Waals surface area contributed by atoms with E-state index < -0.39 is 0 Å². The molecule has 0 spiro atoms. The van der Waals surface area contributed by atoms with Crippen LogP contribution < -0.4 is 5.32 Å². The highest BCUT2D eigenvalue weighted by Gasteiger charge is 2.30. The van der Waals surface area contributed by atoms with E-state index in [0.717, 1.165) is 13.2 Å². The Morgan fingerprint density at radius 2 is 2.38 bits per heavy atom. The molecule has 16 heavy (non-hydrogen) atoms. The Hall–Kier alpha value is -0.380. The summed E-state index contributed by atoms with van der Waals surface area (Å²) in [6, 6.07) is 4.95. The minimum absolute atomic E-state index is 0.423. The first-order chi connectivity index (χ1) is 7.70. The van der Waals surface area contributed by atoms with Gasteiger partial charge in [0.2, 0.25) is 0 Å². The summed E-state index contributed by atoms with van der Waals surface area (Å²) in [6.07, 6.45) is 1.60. The van der Waals surface area contributed by atoms with Gasteiger partial charge in [-0.25, -0.2) is 0 Å². The molecule has 90 valence electrons. The number of nitrogens with one attached hydrogen (secondary N) is 1. The van der Waals surface area contributed by atoms with Crippen LogP contribution >= 0.6 is 11.3 Å². The van der Waals surface area contributed by atoms with Gasteiger partial charge in [-0.1, -0.05) is 6.92 Å². The van der Waals surface area contributed by atoms with Gasteiger partial charge in [0, 0.05) is 21.7 Å². The van der Waals surface area contributed by atoms with Crippen molar-refractivity contribution in [3.05, 3.63) is 21.9 Å². The minimum Gasteiger partial charge on any atom is -0.378 e. The van der Waals surface area contributed by atoms with Crippen LogP contribution in [-0.2, 0) is 4.74 Å². The third kappa shape index (κ3) is 2.65. The smallest absolute Gasteiger partial charge is 0.0551 e. The second-order valence-electron chi connectivity index (χ2n) is 4.62. The van der Waals surface area contributed by atoms with Gasteiger partial charge < -0.3 is 10.1 Å². The number of thiophene rings is 1. The number of ether oxygens (including phenoxy) is 1. The van der Waals surface area contributed by atoms with E-state index in [-0.39, 0.29) is 0 Å². The quantitative estimate of drug-likeness (QED) is 0.871. The molecule has 2 heterocycles. The number of hydrogen-bond donors (Lipinski definition) is 1. The predicted octanol–water partition coefficient (Wildman–Crippen LogP) is 3.13. The van der Waals surface area contributed by atoms with Crippen LogP contribution in [0.4, 0.5) is 0 Å². The van der Waals surface area contributed by atoms with Gasteiger partial charge >= 0.3 is 0 Å². The van der Waals surface area contributed by atoms with Crippen molar-refractivity contribution in [2.45, 2.75) is 39.3 Å². The molecule has 3 unspecified atom stereocenters. The third-order valence-corrected chi connectivity index (χ3v) is 4.28. The Morgan fingerprint density at radius 1 is 1.56 bits per heavy atom. The summed E-state index contributed by atoms with van der Waals surface area (Å²) >= 11 is 1.91. The lowest BCUT2D eigenvalue weighted by Gasteiger charge is -2.22. The number of rotatable bonds is 4. The van der Waals surface area contributed by atoms with Crippen LogP contribution in [0.1, 0.15) is 36.1 Å². The summed E-state index contributed by atoms with van der Waals surface area (Å²) in [5.74, 6) is 0.632. The molecule has 1 saturated heterocycles. The highest BCUT2D eigenvalue weighted by Crippen LogP contribution is 2.34. The second kappa shape index (κ2) is 5.30. The van der Waals surface area contributed by atoms with E-state index in [0.29, 0.717) is 18.1 Å². The number of aryl methyl sites for hydroxylation is 1. The van der Waals surface area contributed by atoms with E-state index in [4.69, 9.17) is 4.74 Å². The van der Waals surface area contributed by atoms with Crippen LogP contribution in [0.3, 0.4) is 0 Å². The van der Waals surface area contributed by atoms with Crippen molar-refractivity contribution >= 4 is 11.3 Å². The normalized spacial score (nSPS) is 27.2. The van der Waals surface area contributed by atoms with Crippen LogP contribution in [0.15, 0.2) is 12.1 Å². The molecule has 3 atom stereocenters. The summed E-state index contributed by atoms with van der Waals surface area (Å²) in [7, 11) is 0. The van der Waals surface area contributed by atoms with Crippen molar-refractivity contribution in [2.24, 2.45) is 5.92 Å². The Kier molecular flexibility index (Phi) is 4.00.